The van der Waals surface area contributed by atoms with Crippen molar-refractivity contribution in [2.75, 3.05) is 13.1 Å². The summed E-state index contributed by atoms with van der Waals surface area (Å²) in [5.41, 5.74) is 5.25. The zero-order chi connectivity index (χ0) is 16.0. The molecule has 0 aromatic carbocycles. The first-order valence-electron chi connectivity index (χ1n) is 6.80. The van der Waals surface area contributed by atoms with E-state index in [0.717, 1.165) is 4.90 Å². The van der Waals surface area contributed by atoms with Crippen LogP contribution >= 0.6 is 0 Å². The number of rotatable bonds is 7. The first-order chi connectivity index (χ1) is 9.82. The standard InChI is InChI=1S/C12H20F3N5O/c1-3-9(4-2)20(8-12(13,14)15)11(21)10-7-19(6-5-16)18-17-10/h7,9H,3-6,8,16H2,1-2H3. The van der Waals surface area contributed by atoms with E-state index >= 15 is 0 Å². The van der Waals surface area contributed by atoms with Gasteiger partial charge in [-0.1, -0.05) is 19.1 Å². The van der Waals surface area contributed by atoms with Gasteiger partial charge in [-0.05, 0) is 12.8 Å². The van der Waals surface area contributed by atoms with Gasteiger partial charge in [-0.3, -0.25) is 9.48 Å². The highest BCUT2D eigenvalue weighted by Crippen LogP contribution is 2.21. The molecular weight excluding hydrogens is 287 g/mol. The Labute approximate surface area is 121 Å². The Bertz CT molecular complexity index is 456. The molecule has 1 aromatic rings. The average molecular weight is 307 g/mol. The van der Waals surface area contributed by atoms with Gasteiger partial charge >= 0.3 is 6.18 Å². The molecular formula is C12H20F3N5O. The minimum absolute atomic E-state index is 0.0976. The summed E-state index contributed by atoms with van der Waals surface area (Å²) in [6.45, 7) is 2.86. The Kier molecular flexibility index (Phi) is 6.13. The van der Waals surface area contributed by atoms with Crippen molar-refractivity contribution in [3.8, 4) is 0 Å². The lowest BCUT2D eigenvalue weighted by molar-refractivity contribution is -0.145. The van der Waals surface area contributed by atoms with Crippen LogP contribution in [0.4, 0.5) is 13.2 Å². The van der Waals surface area contributed by atoms with Crippen LogP contribution in [0.2, 0.25) is 0 Å². The predicted octanol–water partition coefficient (Wildman–Crippen LogP) is 1.43. The summed E-state index contributed by atoms with van der Waals surface area (Å²) in [6, 6.07) is -0.487. The number of carbonyl (C=O) groups is 1. The van der Waals surface area contributed by atoms with Gasteiger partial charge in [0.15, 0.2) is 5.69 Å². The molecule has 2 N–H and O–H groups in total. The summed E-state index contributed by atoms with van der Waals surface area (Å²) in [5, 5.41) is 7.31. The number of alkyl halides is 3. The van der Waals surface area contributed by atoms with E-state index in [1.165, 1.54) is 10.9 Å². The number of halogens is 3. The maximum atomic E-state index is 12.7. The van der Waals surface area contributed by atoms with E-state index in [1.54, 1.807) is 13.8 Å². The van der Waals surface area contributed by atoms with Crippen LogP contribution < -0.4 is 5.73 Å². The summed E-state index contributed by atoms with van der Waals surface area (Å²) in [7, 11) is 0. The summed E-state index contributed by atoms with van der Waals surface area (Å²) in [4.78, 5) is 13.1. The molecule has 0 unspecified atom stereocenters. The lowest BCUT2D eigenvalue weighted by Gasteiger charge is -2.30. The Balaban J connectivity index is 2.97. The number of aromatic nitrogens is 3. The van der Waals surface area contributed by atoms with Gasteiger partial charge in [0.25, 0.3) is 5.91 Å². The summed E-state index contributed by atoms with van der Waals surface area (Å²) >= 11 is 0. The minimum atomic E-state index is -4.45. The summed E-state index contributed by atoms with van der Waals surface area (Å²) in [6.07, 6.45) is -2.25. The van der Waals surface area contributed by atoms with Gasteiger partial charge in [-0.25, -0.2) is 0 Å². The molecule has 0 aliphatic heterocycles. The predicted molar refractivity (Wildman–Crippen MR) is 70.5 cm³/mol. The highest BCUT2D eigenvalue weighted by atomic mass is 19.4. The second-order valence-electron chi connectivity index (χ2n) is 4.67. The lowest BCUT2D eigenvalue weighted by Crippen LogP contribution is -2.45. The molecule has 0 aliphatic rings. The number of hydrogen-bond donors (Lipinski definition) is 1. The molecule has 0 fully saturated rings. The lowest BCUT2D eigenvalue weighted by atomic mass is 10.1. The number of hydrogen-bond acceptors (Lipinski definition) is 4. The zero-order valence-electron chi connectivity index (χ0n) is 12.1. The van der Waals surface area contributed by atoms with E-state index in [1.807, 2.05) is 0 Å². The molecule has 21 heavy (non-hydrogen) atoms. The second-order valence-corrected chi connectivity index (χ2v) is 4.67. The Morgan fingerprint density at radius 1 is 1.43 bits per heavy atom. The average Bonchev–Trinajstić information content (AvgIpc) is 2.86. The van der Waals surface area contributed by atoms with Crippen molar-refractivity contribution in [2.45, 2.75) is 45.5 Å². The van der Waals surface area contributed by atoms with Gasteiger partial charge in [0.2, 0.25) is 0 Å². The molecule has 6 nitrogen and oxygen atoms in total. The third kappa shape index (κ3) is 5.00. The van der Waals surface area contributed by atoms with E-state index in [9.17, 15) is 18.0 Å². The van der Waals surface area contributed by atoms with Crippen molar-refractivity contribution in [3.63, 3.8) is 0 Å². The van der Waals surface area contributed by atoms with Crippen molar-refractivity contribution in [1.29, 1.82) is 0 Å². The van der Waals surface area contributed by atoms with E-state index < -0.39 is 24.7 Å². The van der Waals surface area contributed by atoms with Crippen LogP contribution in [-0.4, -0.2) is 51.1 Å². The molecule has 0 bridgehead atoms. The molecule has 1 rings (SSSR count). The molecule has 1 heterocycles. The number of carbonyl (C=O) groups excluding carboxylic acids is 1. The topological polar surface area (TPSA) is 77.0 Å². The largest absolute Gasteiger partial charge is 0.406 e. The molecule has 9 heteroatoms. The minimum Gasteiger partial charge on any atom is -0.329 e. The van der Waals surface area contributed by atoms with E-state index in [-0.39, 0.29) is 5.69 Å². The Hall–Kier alpha value is -1.64. The zero-order valence-corrected chi connectivity index (χ0v) is 12.1. The highest BCUT2D eigenvalue weighted by Gasteiger charge is 2.36. The first-order valence-corrected chi connectivity index (χ1v) is 6.80. The second kappa shape index (κ2) is 7.39. The summed E-state index contributed by atoms with van der Waals surface area (Å²) in [5.74, 6) is -0.760. The highest BCUT2D eigenvalue weighted by molar-refractivity contribution is 5.92. The van der Waals surface area contributed by atoms with Crippen molar-refractivity contribution in [2.24, 2.45) is 5.73 Å². The van der Waals surface area contributed by atoms with Crippen LogP contribution in [0, 0.1) is 0 Å². The Morgan fingerprint density at radius 2 is 2.05 bits per heavy atom. The third-order valence-corrected chi connectivity index (χ3v) is 3.11. The van der Waals surface area contributed by atoms with Gasteiger partial charge in [-0.15, -0.1) is 5.10 Å². The molecule has 0 radical (unpaired) electrons. The maximum absolute atomic E-state index is 12.7. The quantitative estimate of drug-likeness (QED) is 0.826. The smallest absolute Gasteiger partial charge is 0.329 e. The van der Waals surface area contributed by atoms with Gasteiger partial charge in [0.1, 0.15) is 6.54 Å². The summed E-state index contributed by atoms with van der Waals surface area (Å²) < 4.78 is 39.4. The number of amides is 1. The van der Waals surface area contributed by atoms with Crippen molar-refractivity contribution in [1.82, 2.24) is 19.9 Å². The van der Waals surface area contributed by atoms with Crippen LogP contribution in [0.25, 0.3) is 0 Å². The molecule has 0 spiro atoms. The molecule has 120 valence electrons. The molecule has 1 aromatic heterocycles. The number of nitrogens with zero attached hydrogens (tertiary/aromatic N) is 4. The maximum Gasteiger partial charge on any atom is 0.406 e. The third-order valence-electron chi connectivity index (χ3n) is 3.11. The van der Waals surface area contributed by atoms with Gasteiger partial charge < -0.3 is 10.6 Å². The fourth-order valence-electron chi connectivity index (χ4n) is 2.07. The van der Waals surface area contributed by atoms with Gasteiger partial charge in [-0.2, -0.15) is 13.2 Å². The molecule has 1 amide bonds. The van der Waals surface area contributed by atoms with Gasteiger partial charge in [0, 0.05) is 12.6 Å². The van der Waals surface area contributed by atoms with Crippen molar-refractivity contribution < 1.29 is 18.0 Å². The fourth-order valence-corrected chi connectivity index (χ4v) is 2.07. The Morgan fingerprint density at radius 3 is 2.52 bits per heavy atom. The molecule has 0 atom stereocenters. The molecule has 0 saturated heterocycles. The van der Waals surface area contributed by atoms with Crippen molar-refractivity contribution in [3.05, 3.63) is 11.9 Å². The van der Waals surface area contributed by atoms with E-state index in [4.69, 9.17) is 5.73 Å². The van der Waals surface area contributed by atoms with Crippen molar-refractivity contribution >= 4 is 5.91 Å². The fraction of sp³-hybridized carbons (Fsp3) is 0.750. The molecule has 0 saturated carbocycles. The SMILES string of the molecule is CCC(CC)N(CC(F)(F)F)C(=O)c1cn(CCN)nn1. The normalized spacial score (nSPS) is 12.0. The van der Waals surface area contributed by atoms with Crippen LogP contribution in [0.1, 0.15) is 37.2 Å². The van der Waals surface area contributed by atoms with E-state index in [2.05, 4.69) is 10.3 Å². The van der Waals surface area contributed by atoms with Crippen LogP contribution in [0.3, 0.4) is 0 Å². The van der Waals surface area contributed by atoms with E-state index in [0.29, 0.717) is 25.9 Å². The monoisotopic (exact) mass is 307 g/mol. The van der Waals surface area contributed by atoms with Crippen LogP contribution in [-0.2, 0) is 6.54 Å². The molecule has 0 aliphatic carbocycles. The first kappa shape index (κ1) is 17.4. The van der Waals surface area contributed by atoms with Crippen LogP contribution in [0.15, 0.2) is 6.20 Å². The number of nitrogens with two attached hydrogens (primary N) is 1. The van der Waals surface area contributed by atoms with Crippen LogP contribution in [0.5, 0.6) is 0 Å². The van der Waals surface area contributed by atoms with Gasteiger partial charge in [0.05, 0.1) is 12.7 Å².